The predicted octanol–water partition coefficient (Wildman–Crippen LogP) is 2.43. The second-order valence-corrected chi connectivity index (χ2v) is 6.41. The van der Waals surface area contributed by atoms with Gasteiger partial charge in [0.1, 0.15) is 5.69 Å². The van der Waals surface area contributed by atoms with Gasteiger partial charge in [0.15, 0.2) is 0 Å². The highest BCUT2D eigenvalue weighted by Crippen LogP contribution is 2.22. The van der Waals surface area contributed by atoms with Gasteiger partial charge in [-0.15, -0.1) is 0 Å². The summed E-state index contributed by atoms with van der Waals surface area (Å²) in [7, 11) is 0. The second kappa shape index (κ2) is 6.93. The molecule has 1 fully saturated rings. The lowest BCUT2D eigenvalue weighted by Gasteiger charge is -2.25. The van der Waals surface area contributed by atoms with Gasteiger partial charge >= 0.3 is 0 Å². The SMILES string of the molecule is O=C(c1cccn1Cc1cccnc1)N1CCC[C@@H]1Cn1cccn1. The number of carbonyl (C=O) groups is 1. The van der Waals surface area contributed by atoms with Crippen molar-refractivity contribution in [3.05, 3.63) is 72.6 Å². The minimum absolute atomic E-state index is 0.101. The highest BCUT2D eigenvalue weighted by molar-refractivity contribution is 5.93. The largest absolute Gasteiger partial charge is 0.339 e. The van der Waals surface area contributed by atoms with Crippen molar-refractivity contribution in [2.75, 3.05) is 6.54 Å². The molecule has 6 nitrogen and oxygen atoms in total. The number of rotatable bonds is 5. The summed E-state index contributed by atoms with van der Waals surface area (Å²) in [6.07, 6.45) is 11.3. The molecule has 3 aromatic rings. The third kappa shape index (κ3) is 3.33. The maximum Gasteiger partial charge on any atom is 0.270 e. The van der Waals surface area contributed by atoms with Gasteiger partial charge in [0.25, 0.3) is 5.91 Å². The van der Waals surface area contributed by atoms with E-state index in [0.29, 0.717) is 6.54 Å². The van der Waals surface area contributed by atoms with E-state index in [0.717, 1.165) is 37.2 Å². The second-order valence-electron chi connectivity index (χ2n) is 6.41. The lowest BCUT2D eigenvalue weighted by molar-refractivity contribution is 0.0711. The summed E-state index contributed by atoms with van der Waals surface area (Å²) in [5, 5.41) is 4.28. The third-order valence-electron chi connectivity index (χ3n) is 4.72. The van der Waals surface area contributed by atoms with Gasteiger partial charge in [0.2, 0.25) is 0 Å². The summed E-state index contributed by atoms with van der Waals surface area (Å²) in [6.45, 7) is 2.21. The molecule has 128 valence electrons. The molecular formula is C19H21N5O. The number of hydrogen-bond acceptors (Lipinski definition) is 3. The van der Waals surface area contributed by atoms with Gasteiger partial charge < -0.3 is 9.47 Å². The van der Waals surface area contributed by atoms with E-state index in [1.54, 1.807) is 12.4 Å². The molecule has 1 aliphatic heterocycles. The molecule has 1 saturated heterocycles. The van der Waals surface area contributed by atoms with Crippen LogP contribution in [0, 0.1) is 0 Å². The van der Waals surface area contributed by atoms with Crippen molar-refractivity contribution in [3.8, 4) is 0 Å². The maximum atomic E-state index is 13.1. The quantitative estimate of drug-likeness (QED) is 0.719. The first kappa shape index (κ1) is 15.6. The summed E-state index contributed by atoms with van der Waals surface area (Å²) in [6, 6.07) is 9.90. The normalized spacial score (nSPS) is 17.1. The molecule has 6 heteroatoms. The fourth-order valence-electron chi connectivity index (χ4n) is 3.50. The van der Waals surface area contributed by atoms with Gasteiger partial charge in [0.05, 0.1) is 12.6 Å². The average molecular weight is 335 g/mol. The van der Waals surface area contributed by atoms with Crippen LogP contribution < -0.4 is 0 Å². The first-order valence-corrected chi connectivity index (χ1v) is 8.64. The highest BCUT2D eigenvalue weighted by Gasteiger charge is 2.31. The lowest BCUT2D eigenvalue weighted by atomic mass is 10.2. The fourth-order valence-corrected chi connectivity index (χ4v) is 3.50. The zero-order chi connectivity index (χ0) is 17.1. The van der Waals surface area contributed by atoms with Gasteiger partial charge in [-0.25, -0.2) is 0 Å². The third-order valence-corrected chi connectivity index (χ3v) is 4.72. The number of amides is 1. The van der Waals surface area contributed by atoms with Crippen LogP contribution in [0.5, 0.6) is 0 Å². The van der Waals surface area contributed by atoms with Crippen LogP contribution in [0.2, 0.25) is 0 Å². The summed E-state index contributed by atoms with van der Waals surface area (Å²) >= 11 is 0. The van der Waals surface area contributed by atoms with E-state index < -0.39 is 0 Å². The Morgan fingerprint density at radius 3 is 2.92 bits per heavy atom. The van der Waals surface area contributed by atoms with Crippen LogP contribution in [-0.4, -0.2) is 42.7 Å². The number of likely N-dealkylation sites (tertiary alicyclic amines) is 1. The number of carbonyl (C=O) groups excluding carboxylic acids is 1. The number of aromatic nitrogens is 4. The highest BCUT2D eigenvalue weighted by atomic mass is 16.2. The number of hydrogen-bond donors (Lipinski definition) is 0. The molecule has 4 rings (SSSR count). The minimum atomic E-state index is 0.101. The van der Waals surface area contributed by atoms with E-state index >= 15 is 0 Å². The first-order chi connectivity index (χ1) is 12.3. The molecule has 0 radical (unpaired) electrons. The summed E-state index contributed by atoms with van der Waals surface area (Å²) in [4.78, 5) is 19.3. The van der Waals surface area contributed by atoms with E-state index in [1.807, 2.05) is 63.1 Å². The van der Waals surface area contributed by atoms with Crippen molar-refractivity contribution < 1.29 is 4.79 Å². The molecule has 4 heterocycles. The van der Waals surface area contributed by atoms with E-state index in [1.165, 1.54) is 0 Å². The van der Waals surface area contributed by atoms with Gasteiger partial charge in [-0.2, -0.15) is 5.10 Å². The summed E-state index contributed by atoms with van der Waals surface area (Å²) in [5.74, 6) is 0.101. The molecule has 0 aromatic carbocycles. The molecule has 0 bridgehead atoms. The molecule has 0 N–H and O–H groups in total. The Bertz CT molecular complexity index is 825. The average Bonchev–Trinajstić information content (AvgIpc) is 3.38. The fraction of sp³-hybridized carbons (Fsp3) is 0.316. The standard InChI is InChI=1S/C19H21N5O/c25-19(24-12-2-6-17(24)15-23-11-4-9-21-23)18-7-3-10-22(18)14-16-5-1-8-20-13-16/h1,3-5,7-11,13,17H,2,6,12,14-15H2/t17-/m1/s1. The van der Waals surface area contributed by atoms with Crippen molar-refractivity contribution in [3.63, 3.8) is 0 Å². The summed E-state index contributed by atoms with van der Waals surface area (Å²) in [5.41, 5.74) is 1.82. The van der Waals surface area contributed by atoms with Gasteiger partial charge in [-0.3, -0.25) is 14.5 Å². The molecular weight excluding hydrogens is 314 g/mol. The molecule has 0 spiro atoms. The van der Waals surface area contributed by atoms with Crippen LogP contribution in [0.3, 0.4) is 0 Å². The summed E-state index contributed by atoms with van der Waals surface area (Å²) < 4.78 is 3.91. The van der Waals surface area contributed by atoms with Crippen LogP contribution in [0.15, 0.2) is 61.3 Å². The zero-order valence-corrected chi connectivity index (χ0v) is 14.0. The van der Waals surface area contributed by atoms with Crippen molar-refractivity contribution in [1.29, 1.82) is 0 Å². The molecule has 0 saturated carbocycles. The lowest BCUT2D eigenvalue weighted by Crippen LogP contribution is -2.39. The van der Waals surface area contributed by atoms with E-state index in [2.05, 4.69) is 10.1 Å². The number of nitrogens with zero attached hydrogens (tertiary/aromatic N) is 5. The molecule has 1 amide bonds. The van der Waals surface area contributed by atoms with Crippen LogP contribution in [0.4, 0.5) is 0 Å². The topological polar surface area (TPSA) is 56.0 Å². The van der Waals surface area contributed by atoms with E-state index in [9.17, 15) is 4.79 Å². The van der Waals surface area contributed by atoms with Crippen molar-refractivity contribution in [2.24, 2.45) is 0 Å². The molecule has 25 heavy (non-hydrogen) atoms. The maximum absolute atomic E-state index is 13.1. The zero-order valence-electron chi connectivity index (χ0n) is 14.0. The van der Waals surface area contributed by atoms with Crippen molar-refractivity contribution >= 4 is 5.91 Å². The van der Waals surface area contributed by atoms with Crippen LogP contribution in [-0.2, 0) is 13.1 Å². The van der Waals surface area contributed by atoms with Gasteiger partial charge in [-0.05, 0) is 42.7 Å². The Kier molecular flexibility index (Phi) is 4.33. The van der Waals surface area contributed by atoms with Gasteiger partial charge in [0, 0.05) is 44.1 Å². The Morgan fingerprint density at radius 1 is 1.16 bits per heavy atom. The Hall–Kier alpha value is -2.89. The number of pyridine rings is 1. The van der Waals surface area contributed by atoms with Crippen LogP contribution in [0.25, 0.3) is 0 Å². The Labute approximate surface area is 146 Å². The van der Waals surface area contributed by atoms with Crippen LogP contribution in [0.1, 0.15) is 28.9 Å². The minimum Gasteiger partial charge on any atom is -0.339 e. The Morgan fingerprint density at radius 2 is 2.12 bits per heavy atom. The molecule has 3 aromatic heterocycles. The molecule has 1 atom stereocenters. The molecule has 0 aliphatic carbocycles. The smallest absolute Gasteiger partial charge is 0.270 e. The Balaban J connectivity index is 1.51. The van der Waals surface area contributed by atoms with Crippen molar-refractivity contribution in [2.45, 2.75) is 32.0 Å². The van der Waals surface area contributed by atoms with Gasteiger partial charge in [-0.1, -0.05) is 6.07 Å². The predicted molar refractivity (Wildman–Crippen MR) is 94.1 cm³/mol. The van der Waals surface area contributed by atoms with E-state index in [4.69, 9.17) is 0 Å². The first-order valence-electron chi connectivity index (χ1n) is 8.64. The molecule has 0 unspecified atom stereocenters. The monoisotopic (exact) mass is 335 g/mol. The van der Waals surface area contributed by atoms with Crippen LogP contribution >= 0.6 is 0 Å². The molecule has 1 aliphatic rings. The van der Waals surface area contributed by atoms with E-state index in [-0.39, 0.29) is 11.9 Å². The van der Waals surface area contributed by atoms with Crippen molar-refractivity contribution in [1.82, 2.24) is 24.2 Å².